The number of H-pyrrole nitrogens is 1. The van der Waals surface area contributed by atoms with Crippen LogP contribution in [0.4, 0.5) is 0 Å². The maximum absolute atomic E-state index is 13.9. The second-order valence-corrected chi connectivity index (χ2v) is 13.8. The van der Waals surface area contributed by atoms with Gasteiger partial charge in [-0.1, -0.05) is 103 Å². The molecule has 286 valence electrons. The van der Waals surface area contributed by atoms with Crippen molar-refractivity contribution in [1.29, 1.82) is 0 Å². The zero-order valence-electron chi connectivity index (χ0n) is 31.2. The summed E-state index contributed by atoms with van der Waals surface area (Å²) in [4.78, 5) is 43.9. The van der Waals surface area contributed by atoms with Crippen molar-refractivity contribution in [2.24, 2.45) is 11.8 Å². The van der Waals surface area contributed by atoms with Gasteiger partial charge in [0.05, 0.1) is 30.5 Å². The van der Waals surface area contributed by atoms with Gasteiger partial charge >= 0.3 is 5.97 Å². The molecule has 1 heterocycles. The van der Waals surface area contributed by atoms with Gasteiger partial charge < -0.3 is 30.2 Å². The number of amides is 2. The number of aromatic amines is 1. The molecule has 0 aliphatic heterocycles. The molecule has 0 aliphatic carbocycles. The molecular formula is C46H51N3O6. The molecule has 0 radical (unpaired) electrons. The van der Waals surface area contributed by atoms with Gasteiger partial charge in [0.2, 0.25) is 11.8 Å². The van der Waals surface area contributed by atoms with Crippen LogP contribution in [0.15, 0.2) is 141 Å². The molecule has 4 N–H and O–H groups in total. The SMILES string of the molecule is C=CC[C@@H](CC(=O)N[C@H](CO)Cc1ccc(OCc2ccccc2)cc1)C(=O)N[C@H](COC(=O)[C@@H](CC=C)Cc1ccccc1)Cc1c[nH]c2ccccc12. The highest BCUT2D eigenvalue weighted by molar-refractivity contribution is 5.87. The fourth-order valence-electron chi connectivity index (χ4n) is 6.60. The zero-order chi connectivity index (χ0) is 38.8. The lowest BCUT2D eigenvalue weighted by atomic mass is 9.96. The Morgan fingerprint density at radius 1 is 0.709 bits per heavy atom. The fraction of sp³-hybridized carbons (Fsp3) is 0.283. The Balaban J connectivity index is 1.20. The largest absolute Gasteiger partial charge is 0.489 e. The van der Waals surface area contributed by atoms with Gasteiger partial charge in [-0.3, -0.25) is 14.4 Å². The first-order valence-electron chi connectivity index (χ1n) is 18.8. The minimum Gasteiger partial charge on any atom is -0.489 e. The van der Waals surface area contributed by atoms with E-state index in [4.69, 9.17) is 9.47 Å². The van der Waals surface area contributed by atoms with Crippen LogP contribution >= 0.6 is 0 Å². The molecule has 0 unspecified atom stereocenters. The molecule has 0 aliphatic rings. The summed E-state index contributed by atoms with van der Waals surface area (Å²) in [5.41, 5.74) is 4.92. The van der Waals surface area contributed by atoms with Crippen molar-refractivity contribution in [3.63, 3.8) is 0 Å². The third kappa shape index (κ3) is 12.6. The van der Waals surface area contributed by atoms with Crippen LogP contribution in [0.1, 0.15) is 41.5 Å². The number of hydrogen-bond acceptors (Lipinski definition) is 6. The molecule has 5 aromatic rings. The lowest BCUT2D eigenvalue weighted by molar-refractivity contribution is -0.149. The summed E-state index contributed by atoms with van der Waals surface area (Å²) in [5.74, 6) is -1.52. The topological polar surface area (TPSA) is 130 Å². The highest BCUT2D eigenvalue weighted by Crippen LogP contribution is 2.21. The third-order valence-corrected chi connectivity index (χ3v) is 9.52. The maximum atomic E-state index is 13.9. The van der Waals surface area contributed by atoms with E-state index in [0.717, 1.165) is 38.9 Å². The Bertz CT molecular complexity index is 1980. The summed E-state index contributed by atoms with van der Waals surface area (Å²) in [6, 6.07) is 33.9. The molecule has 0 fully saturated rings. The van der Waals surface area contributed by atoms with E-state index in [1.807, 2.05) is 115 Å². The van der Waals surface area contributed by atoms with E-state index < -0.39 is 23.9 Å². The van der Waals surface area contributed by atoms with Crippen molar-refractivity contribution in [3.05, 3.63) is 163 Å². The first-order chi connectivity index (χ1) is 26.8. The van der Waals surface area contributed by atoms with E-state index in [2.05, 4.69) is 28.8 Å². The molecule has 0 bridgehead atoms. The van der Waals surface area contributed by atoms with Crippen LogP contribution in [0, 0.1) is 11.8 Å². The molecule has 55 heavy (non-hydrogen) atoms. The van der Waals surface area contributed by atoms with Gasteiger partial charge in [0.1, 0.15) is 19.0 Å². The number of hydrogen-bond donors (Lipinski definition) is 4. The Hall–Kier alpha value is -5.93. The van der Waals surface area contributed by atoms with Crippen LogP contribution in [0.5, 0.6) is 5.75 Å². The quantitative estimate of drug-likeness (QED) is 0.0445. The number of benzene rings is 4. The Morgan fingerprint density at radius 3 is 2.04 bits per heavy atom. The lowest BCUT2D eigenvalue weighted by Crippen LogP contribution is -2.45. The first kappa shape index (κ1) is 40.3. The van der Waals surface area contributed by atoms with Gasteiger partial charge in [0.25, 0.3) is 0 Å². The number of aliphatic hydroxyl groups is 1. The summed E-state index contributed by atoms with van der Waals surface area (Å²) < 4.78 is 11.8. The van der Waals surface area contributed by atoms with Crippen LogP contribution < -0.4 is 15.4 Å². The average Bonchev–Trinajstić information content (AvgIpc) is 3.62. The van der Waals surface area contributed by atoms with Gasteiger partial charge in [0.15, 0.2) is 0 Å². The molecular weight excluding hydrogens is 691 g/mol. The predicted molar refractivity (Wildman–Crippen MR) is 216 cm³/mol. The standard InChI is InChI=1S/C46H51N3O6/c1-3-13-36(28-44(51)48-39(30-50)26-34-21-23-41(24-22-34)54-31-35-17-9-6-10-18-35)45(52)49-40(27-38-29-47-43-20-12-11-19-42(38)43)32-55-46(53)37(14-4-2)25-33-15-7-5-8-16-33/h3-12,15-24,29,36-37,39-40,47,50H,1-2,13-14,25-28,30-32H2,(H,48,51)(H,49,52)/t36-,37-,39-,40-/m0/s1. The summed E-state index contributed by atoms with van der Waals surface area (Å²) in [7, 11) is 0. The lowest BCUT2D eigenvalue weighted by Gasteiger charge is -2.24. The average molecular weight is 742 g/mol. The van der Waals surface area contributed by atoms with Crippen LogP contribution in [-0.4, -0.2) is 53.2 Å². The number of aliphatic hydroxyl groups excluding tert-OH is 1. The van der Waals surface area contributed by atoms with Crippen molar-refractivity contribution in [2.45, 2.75) is 57.2 Å². The van der Waals surface area contributed by atoms with Crippen molar-refractivity contribution in [3.8, 4) is 5.75 Å². The molecule has 1 aromatic heterocycles. The molecule has 4 atom stereocenters. The van der Waals surface area contributed by atoms with E-state index in [-0.39, 0.29) is 43.8 Å². The summed E-state index contributed by atoms with van der Waals surface area (Å²) in [5, 5.41) is 17.1. The molecule has 0 saturated heterocycles. The number of fused-ring (bicyclic) bond motifs is 1. The number of esters is 1. The fourth-order valence-corrected chi connectivity index (χ4v) is 6.60. The van der Waals surface area contributed by atoms with E-state index >= 15 is 0 Å². The van der Waals surface area contributed by atoms with Crippen molar-refractivity contribution in [1.82, 2.24) is 15.6 Å². The number of para-hydroxylation sites is 1. The monoisotopic (exact) mass is 741 g/mol. The molecule has 4 aromatic carbocycles. The van der Waals surface area contributed by atoms with Gasteiger partial charge in [-0.25, -0.2) is 0 Å². The van der Waals surface area contributed by atoms with E-state index in [1.54, 1.807) is 12.2 Å². The highest BCUT2D eigenvalue weighted by Gasteiger charge is 2.27. The second kappa shape index (κ2) is 21.1. The number of carbonyl (C=O) groups is 3. The summed E-state index contributed by atoms with van der Waals surface area (Å²) in [6.45, 7) is 7.78. The van der Waals surface area contributed by atoms with Crippen LogP contribution in [0.25, 0.3) is 10.9 Å². The van der Waals surface area contributed by atoms with Crippen molar-refractivity contribution in [2.75, 3.05) is 13.2 Å². The number of carbonyl (C=O) groups excluding carboxylic acids is 3. The van der Waals surface area contributed by atoms with E-state index in [0.29, 0.717) is 32.3 Å². The van der Waals surface area contributed by atoms with Crippen molar-refractivity contribution < 1.29 is 29.0 Å². The maximum Gasteiger partial charge on any atom is 0.309 e. The smallest absolute Gasteiger partial charge is 0.309 e. The molecule has 0 spiro atoms. The Morgan fingerprint density at radius 2 is 1.35 bits per heavy atom. The first-order valence-corrected chi connectivity index (χ1v) is 18.8. The van der Waals surface area contributed by atoms with Crippen molar-refractivity contribution >= 4 is 28.7 Å². The number of aromatic nitrogens is 1. The van der Waals surface area contributed by atoms with Gasteiger partial charge in [0, 0.05) is 23.5 Å². The van der Waals surface area contributed by atoms with Crippen LogP contribution in [0.3, 0.4) is 0 Å². The number of rotatable bonds is 22. The third-order valence-electron chi connectivity index (χ3n) is 9.52. The number of nitrogens with one attached hydrogen (secondary N) is 3. The Kier molecular flexibility index (Phi) is 15.4. The number of allylic oxidation sites excluding steroid dienone is 2. The van der Waals surface area contributed by atoms with Gasteiger partial charge in [-0.05, 0) is 72.6 Å². The molecule has 0 saturated carbocycles. The minimum atomic E-state index is -0.731. The van der Waals surface area contributed by atoms with E-state index in [9.17, 15) is 19.5 Å². The van der Waals surface area contributed by atoms with Gasteiger partial charge in [-0.15, -0.1) is 13.2 Å². The normalized spacial score (nSPS) is 13.2. The predicted octanol–water partition coefficient (Wildman–Crippen LogP) is 7.05. The second-order valence-electron chi connectivity index (χ2n) is 13.8. The van der Waals surface area contributed by atoms with Crippen LogP contribution in [-0.2, 0) is 45.0 Å². The summed E-state index contributed by atoms with van der Waals surface area (Å²) in [6.07, 6.45) is 7.11. The van der Waals surface area contributed by atoms with Crippen LogP contribution in [0.2, 0.25) is 0 Å². The van der Waals surface area contributed by atoms with E-state index in [1.165, 1.54) is 0 Å². The molecule has 9 nitrogen and oxygen atoms in total. The molecule has 9 heteroatoms. The zero-order valence-corrected chi connectivity index (χ0v) is 31.2. The molecule has 2 amide bonds. The Labute approximate surface area is 323 Å². The highest BCUT2D eigenvalue weighted by atomic mass is 16.5. The molecule has 5 rings (SSSR count). The minimum absolute atomic E-state index is 0.0534. The number of ether oxygens (including phenoxy) is 2. The van der Waals surface area contributed by atoms with Gasteiger partial charge in [-0.2, -0.15) is 0 Å². The summed E-state index contributed by atoms with van der Waals surface area (Å²) >= 11 is 0.